The Morgan fingerprint density at radius 1 is 1.50 bits per heavy atom. The fourth-order valence-corrected chi connectivity index (χ4v) is 2.07. The van der Waals surface area contributed by atoms with Crippen molar-refractivity contribution < 1.29 is 13.0 Å². The summed E-state index contributed by atoms with van der Waals surface area (Å²) in [6, 6.07) is 3.24. The third kappa shape index (κ3) is 2.96. The van der Waals surface area contributed by atoms with Crippen LogP contribution in [0.3, 0.4) is 0 Å². The summed E-state index contributed by atoms with van der Waals surface area (Å²) in [5.41, 5.74) is 1.30. The fraction of sp³-hybridized carbons (Fsp3) is 0.400. The molecule has 2 rings (SSSR count). The van der Waals surface area contributed by atoms with Gasteiger partial charge in [0.25, 0.3) is 0 Å². The maximum Gasteiger partial charge on any atom is 0.358 e. The number of rotatable bonds is 5. The minimum absolute atomic E-state index is 0.179. The molecule has 98 valence electrons. The lowest BCUT2D eigenvalue weighted by Gasteiger charge is -2.07. The Bertz CT molecular complexity index is 650. The molecule has 0 unspecified atom stereocenters. The van der Waals surface area contributed by atoms with E-state index in [2.05, 4.69) is 17.0 Å². The second-order valence-electron chi connectivity index (χ2n) is 3.91. The number of fused-ring (bicyclic) bond motifs is 1. The van der Waals surface area contributed by atoms with Gasteiger partial charge in [0, 0.05) is 17.8 Å². The Morgan fingerprint density at radius 2 is 2.28 bits per heavy atom. The van der Waals surface area contributed by atoms with Gasteiger partial charge < -0.3 is 0 Å². The standard InChI is InChI=1S/C10H14N4O3S/c1-2-3-4-8-7-10(13-18(15,16)17)14-9(12-8)5-6-11-14/h5-7,13H,2-4H2,1H3,(H,15,16,17). The van der Waals surface area contributed by atoms with Crippen LogP contribution in [0.25, 0.3) is 5.65 Å². The summed E-state index contributed by atoms with van der Waals surface area (Å²) in [5.74, 6) is 0.179. The summed E-state index contributed by atoms with van der Waals surface area (Å²) in [6.07, 6.45) is 4.25. The quantitative estimate of drug-likeness (QED) is 0.798. The highest BCUT2D eigenvalue weighted by molar-refractivity contribution is 7.87. The molecule has 2 aromatic rings. The first-order valence-corrected chi connectivity index (χ1v) is 7.02. The first-order chi connectivity index (χ1) is 8.49. The van der Waals surface area contributed by atoms with Crippen molar-refractivity contribution in [2.75, 3.05) is 4.72 Å². The second-order valence-corrected chi connectivity index (χ2v) is 5.07. The highest BCUT2D eigenvalue weighted by Crippen LogP contribution is 2.14. The van der Waals surface area contributed by atoms with Gasteiger partial charge in [0.2, 0.25) is 0 Å². The number of hydrogen-bond acceptors (Lipinski definition) is 4. The van der Waals surface area contributed by atoms with Gasteiger partial charge in [0.15, 0.2) is 5.65 Å². The molecule has 0 aliphatic rings. The molecule has 0 atom stereocenters. The Labute approximate surface area is 105 Å². The van der Waals surface area contributed by atoms with E-state index in [1.807, 2.05) is 4.72 Å². The maximum absolute atomic E-state index is 10.9. The Balaban J connectivity index is 2.44. The van der Waals surface area contributed by atoms with Crippen molar-refractivity contribution in [1.29, 1.82) is 0 Å². The van der Waals surface area contributed by atoms with Crippen molar-refractivity contribution in [1.82, 2.24) is 14.6 Å². The molecule has 0 fully saturated rings. The highest BCUT2D eigenvalue weighted by atomic mass is 32.2. The molecular formula is C10H14N4O3S. The molecule has 2 heterocycles. The van der Waals surface area contributed by atoms with Gasteiger partial charge in [-0.05, 0) is 12.8 Å². The molecule has 0 saturated heterocycles. The maximum atomic E-state index is 10.9. The number of aromatic nitrogens is 3. The average Bonchev–Trinajstić information content (AvgIpc) is 2.72. The molecule has 2 N–H and O–H groups in total. The van der Waals surface area contributed by atoms with Crippen molar-refractivity contribution >= 4 is 21.8 Å². The van der Waals surface area contributed by atoms with Crippen LogP contribution in [0.2, 0.25) is 0 Å². The third-order valence-corrected chi connectivity index (χ3v) is 2.90. The van der Waals surface area contributed by atoms with Crippen LogP contribution in [0.1, 0.15) is 25.5 Å². The Morgan fingerprint density at radius 3 is 2.94 bits per heavy atom. The van der Waals surface area contributed by atoms with Crippen LogP contribution in [0.4, 0.5) is 5.82 Å². The van der Waals surface area contributed by atoms with Gasteiger partial charge in [-0.15, -0.1) is 0 Å². The topological polar surface area (TPSA) is 96.6 Å². The molecule has 0 saturated carbocycles. The largest absolute Gasteiger partial charge is 0.358 e. The number of anilines is 1. The number of nitrogens with one attached hydrogen (secondary N) is 1. The van der Waals surface area contributed by atoms with Gasteiger partial charge in [-0.2, -0.15) is 18.0 Å². The van der Waals surface area contributed by atoms with Crippen LogP contribution >= 0.6 is 0 Å². The predicted molar refractivity (Wildman–Crippen MR) is 66.8 cm³/mol. The average molecular weight is 270 g/mol. The summed E-state index contributed by atoms with van der Waals surface area (Å²) < 4.78 is 33.9. The summed E-state index contributed by atoms with van der Waals surface area (Å²) >= 11 is 0. The van der Waals surface area contributed by atoms with E-state index in [0.717, 1.165) is 25.0 Å². The molecule has 2 aromatic heterocycles. The monoisotopic (exact) mass is 270 g/mol. The lowest BCUT2D eigenvalue weighted by molar-refractivity contribution is 0.489. The van der Waals surface area contributed by atoms with Crippen LogP contribution in [0.15, 0.2) is 18.3 Å². The zero-order valence-corrected chi connectivity index (χ0v) is 10.7. The molecule has 0 amide bonds. The summed E-state index contributed by atoms with van der Waals surface area (Å²) in [6.45, 7) is 2.06. The third-order valence-electron chi connectivity index (χ3n) is 2.43. The molecular weight excluding hydrogens is 256 g/mol. The van der Waals surface area contributed by atoms with Crippen molar-refractivity contribution in [3.63, 3.8) is 0 Å². The van der Waals surface area contributed by atoms with Gasteiger partial charge in [0.05, 0.1) is 6.20 Å². The molecule has 0 aliphatic carbocycles. The summed E-state index contributed by atoms with van der Waals surface area (Å²) in [5, 5.41) is 3.94. The Kier molecular flexibility index (Phi) is 3.48. The van der Waals surface area contributed by atoms with E-state index >= 15 is 0 Å². The van der Waals surface area contributed by atoms with Gasteiger partial charge >= 0.3 is 10.3 Å². The molecule has 8 heteroatoms. The molecule has 0 aromatic carbocycles. The minimum atomic E-state index is -4.32. The lowest BCUT2D eigenvalue weighted by Crippen LogP contribution is -2.14. The number of hydrogen-bond donors (Lipinski definition) is 2. The molecule has 18 heavy (non-hydrogen) atoms. The summed E-state index contributed by atoms with van der Waals surface area (Å²) in [7, 11) is -4.32. The molecule has 0 aliphatic heterocycles. The highest BCUT2D eigenvalue weighted by Gasteiger charge is 2.11. The van der Waals surface area contributed by atoms with Crippen LogP contribution in [-0.4, -0.2) is 27.6 Å². The van der Waals surface area contributed by atoms with E-state index in [4.69, 9.17) is 4.55 Å². The van der Waals surface area contributed by atoms with Crippen LogP contribution in [0.5, 0.6) is 0 Å². The minimum Gasteiger partial charge on any atom is -0.269 e. The van der Waals surface area contributed by atoms with E-state index in [9.17, 15) is 8.42 Å². The van der Waals surface area contributed by atoms with Crippen LogP contribution in [-0.2, 0) is 16.7 Å². The molecule has 0 bridgehead atoms. The van der Waals surface area contributed by atoms with Crippen molar-refractivity contribution in [3.05, 3.63) is 24.0 Å². The number of nitrogens with zero attached hydrogens (tertiary/aromatic N) is 3. The summed E-state index contributed by atoms with van der Waals surface area (Å²) in [4.78, 5) is 4.35. The molecule has 7 nitrogen and oxygen atoms in total. The van der Waals surface area contributed by atoms with Crippen LogP contribution in [0, 0.1) is 0 Å². The van der Waals surface area contributed by atoms with Gasteiger partial charge in [0.1, 0.15) is 5.82 Å². The fourth-order valence-electron chi connectivity index (χ4n) is 1.66. The van der Waals surface area contributed by atoms with E-state index in [0.29, 0.717) is 5.65 Å². The van der Waals surface area contributed by atoms with Gasteiger partial charge in [-0.1, -0.05) is 13.3 Å². The molecule has 0 radical (unpaired) electrons. The van der Waals surface area contributed by atoms with Crippen molar-refractivity contribution in [2.24, 2.45) is 0 Å². The second kappa shape index (κ2) is 4.91. The van der Waals surface area contributed by atoms with E-state index in [1.165, 1.54) is 10.7 Å². The van der Waals surface area contributed by atoms with Crippen LogP contribution < -0.4 is 4.72 Å². The SMILES string of the molecule is CCCCc1cc(NS(=O)(=O)O)n2nccc2n1. The number of unbranched alkanes of at least 4 members (excludes halogenated alkanes) is 1. The Hall–Kier alpha value is -1.67. The van der Waals surface area contributed by atoms with E-state index < -0.39 is 10.3 Å². The first kappa shape index (κ1) is 12.8. The number of aryl methyl sites for hydroxylation is 1. The lowest BCUT2D eigenvalue weighted by atomic mass is 10.2. The zero-order valence-electron chi connectivity index (χ0n) is 9.87. The van der Waals surface area contributed by atoms with Gasteiger partial charge in [-0.3, -0.25) is 4.55 Å². The van der Waals surface area contributed by atoms with Gasteiger partial charge in [-0.25, -0.2) is 9.71 Å². The first-order valence-electron chi connectivity index (χ1n) is 5.58. The predicted octanol–water partition coefficient (Wildman–Crippen LogP) is 1.29. The van der Waals surface area contributed by atoms with E-state index in [1.54, 1.807) is 12.1 Å². The van der Waals surface area contributed by atoms with E-state index in [-0.39, 0.29) is 5.82 Å². The van der Waals surface area contributed by atoms with Crippen molar-refractivity contribution in [2.45, 2.75) is 26.2 Å². The normalized spacial score (nSPS) is 11.9. The molecule has 0 spiro atoms. The smallest absolute Gasteiger partial charge is 0.269 e. The zero-order chi connectivity index (χ0) is 13.2. The van der Waals surface area contributed by atoms with Crippen molar-refractivity contribution in [3.8, 4) is 0 Å².